The fraction of sp³-hybridized carbons (Fsp3) is 0.607. The van der Waals surface area contributed by atoms with E-state index in [4.69, 9.17) is 19.7 Å². The topological polar surface area (TPSA) is 222 Å². The summed E-state index contributed by atoms with van der Waals surface area (Å²) in [5.74, 6) is 0.847. The Labute approximate surface area is 454 Å². The highest BCUT2D eigenvalue weighted by atomic mass is 32.2. The molecule has 3 N–H and O–H groups in total. The smallest absolute Gasteiger partial charge is 0.257 e. The van der Waals surface area contributed by atoms with Crippen LogP contribution in [0.3, 0.4) is 0 Å². The van der Waals surface area contributed by atoms with Crippen molar-refractivity contribution in [2.45, 2.75) is 134 Å². The zero-order valence-electron chi connectivity index (χ0n) is 46.8. The van der Waals surface area contributed by atoms with Gasteiger partial charge in [-0.15, -0.1) is 0 Å². The summed E-state index contributed by atoms with van der Waals surface area (Å²) in [6.07, 6.45) is 8.55. The van der Waals surface area contributed by atoms with E-state index >= 15 is 0 Å². The van der Waals surface area contributed by atoms with Crippen LogP contribution in [0.5, 0.6) is 5.75 Å². The number of H-pyrrole nitrogens is 1. The lowest BCUT2D eigenvalue weighted by Crippen LogP contribution is -2.63. The summed E-state index contributed by atoms with van der Waals surface area (Å²) in [6.45, 7) is 28.8. The summed E-state index contributed by atoms with van der Waals surface area (Å²) in [5.41, 5.74) is 6.80. The van der Waals surface area contributed by atoms with Crippen LogP contribution in [0.2, 0.25) is 0 Å². The molecule has 0 saturated carbocycles. The average molecular weight is 1080 g/mol. The Hall–Kier alpha value is -5.71. The number of nitrogens with one attached hydrogen (secondary N) is 2. The number of rotatable bonds is 17. The second kappa shape index (κ2) is 22.9. The van der Waals surface area contributed by atoms with E-state index in [0.717, 1.165) is 86.1 Å². The van der Waals surface area contributed by atoms with Crippen LogP contribution in [0.25, 0.3) is 10.9 Å². The Kier molecular flexibility index (Phi) is 16.7. The molecule has 0 radical (unpaired) electrons. The molecular weight excluding hydrogens is 997 g/mol. The summed E-state index contributed by atoms with van der Waals surface area (Å²) in [4.78, 5) is 64.4. The van der Waals surface area contributed by atoms with E-state index in [1.165, 1.54) is 6.33 Å². The van der Waals surface area contributed by atoms with Crippen LogP contribution in [0, 0.1) is 13.8 Å². The van der Waals surface area contributed by atoms with E-state index in [2.05, 4.69) is 79.7 Å². The number of aliphatic hydroxyl groups excluding tert-OH is 1. The highest BCUT2D eigenvalue weighted by Crippen LogP contribution is 2.41. The van der Waals surface area contributed by atoms with E-state index in [-0.39, 0.29) is 46.0 Å². The number of pyridine rings is 1. The number of hydrogen-bond acceptors (Lipinski definition) is 17. The van der Waals surface area contributed by atoms with Crippen LogP contribution < -0.4 is 19.9 Å². The number of carbonyl (C=O) groups excluding carboxylic acids is 2. The van der Waals surface area contributed by atoms with Crippen molar-refractivity contribution in [3.8, 4) is 5.75 Å². The Balaban J connectivity index is 0.745. The van der Waals surface area contributed by atoms with Gasteiger partial charge in [-0.3, -0.25) is 34.4 Å². The van der Waals surface area contributed by atoms with Gasteiger partial charge in [-0.1, -0.05) is 27.2 Å². The van der Waals surface area contributed by atoms with Crippen molar-refractivity contribution in [3.05, 3.63) is 82.6 Å². The molecule has 0 spiro atoms. The van der Waals surface area contributed by atoms with Crippen LogP contribution in [-0.2, 0) is 26.5 Å². The number of benzene rings is 1. The summed E-state index contributed by atoms with van der Waals surface area (Å²) in [6, 6.07) is 5.95. The zero-order valence-corrected chi connectivity index (χ0v) is 47.7. The SMILES string of the molecule is CCCC(O)c1cnc2c(c1)N(C(=O)CN1C[C@@H](C)NC[C@@H]1CN1CCN(c3ncc(C(=O)N4CCN(CCCOc5cc6ncnc(Cc7n[nH]c(C)c7C)c6cc5S(=O)(=O)C(C)(C)C)CC4)cn3)C[C@H]1C)CC2(C)C. The second-order valence-corrected chi connectivity index (χ2v) is 26.1. The van der Waals surface area contributed by atoms with E-state index in [9.17, 15) is 23.1 Å². The van der Waals surface area contributed by atoms with E-state index < -0.39 is 20.7 Å². The lowest BCUT2D eigenvalue weighted by atomic mass is 9.91. The lowest BCUT2D eigenvalue weighted by molar-refractivity contribution is -0.120. The predicted octanol–water partition coefficient (Wildman–Crippen LogP) is 4.88. The Morgan fingerprint density at radius 2 is 1.68 bits per heavy atom. The monoisotopic (exact) mass is 1080 g/mol. The number of piperazine rings is 3. The lowest BCUT2D eigenvalue weighted by Gasteiger charge is -2.45. The van der Waals surface area contributed by atoms with Crippen LogP contribution in [-0.4, -0.2) is 195 Å². The van der Waals surface area contributed by atoms with Gasteiger partial charge in [0.1, 0.15) is 17.0 Å². The molecule has 0 bridgehead atoms. The molecule has 2 amide bonds. The molecule has 9 rings (SSSR count). The summed E-state index contributed by atoms with van der Waals surface area (Å²) in [7, 11) is -3.80. The Morgan fingerprint density at radius 1 is 0.922 bits per heavy atom. The first-order valence-electron chi connectivity index (χ1n) is 27.6. The number of aryl methyl sites for hydroxylation is 1. The molecule has 4 aliphatic heterocycles. The Morgan fingerprint density at radius 3 is 2.36 bits per heavy atom. The van der Waals surface area contributed by atoms with Gasteiger partial charge >= 0.3 is 0 Å². The van der Waals surface area contributed by atoms with Crippen molar-refractivity contribution in [2.75, 3.05) is 101 Å². The summed E-state index contributed by atoms with van der Waals surface area (Å²) < 4.78 is 33.2. The molecular formula is C56H80N14O6S. The molecule has 4 atom stereocenters. The fourth-order valence-electron chi connectivity index (χ4n) is 11.2. The van der Waals surface area contributed by atoms with Gasteiger partial charge in [0, 0.05) is 150 Å². The molecule has 1 unspecified atom stereocenters. The van der Waals surface area contributed by atoms with Gasteiger partial charge in [-0.05, 0) is 79.0 Å². The molecule has 21 heteroatoms. The van der Waals surface area contributed by atoms with Crippen LogP contribution in [0.15, 0.2) is 48.0 Å². The van der Waals surface area contributed by atoms with Gasteiger partial charge in [0.05, 0.1) is 57.9 Å². The highest BCUT2D eigenvalue weighted by Gasteiger charge is 2.42. The highest BCUT2D eigenvalue weighted by molar-refractivity contribution is 7.92. The minimum atomic E-state index is -3.80. The maximum absolute atomic E-state index is 14.2. The van der Waals surface area contributed by atoms with E-state index in [1.807, 2.05) is 29.7 Å². The molecule has 5 aromatic rings. The number of nitrogens with zero attached hydrogens (tertiary/aromatic N) is 12. The van der Waals surface area contributed by atoms with E-state index in [0.29, 0.717) is 93.2 Å². The Bertz CT molecular complexity index is 3030. The van der Waals surface area contributed by atoms with Crippen molar-refractivity contribution in [1.29, 1.82) is 0 Å². The predicted molar refractivity (Wildman–Crippen MR) is 297 cm³/mol. The zero-order chi connectivity index (χ0) is 55.0. The number of hydrogen-bond donors (Lipinski definition) is 3. The number of anilines is 2. The summed E-state index contributed by atoms with van der Waals surface area (Å²) >= 11 is 0. The molecule has 416 valence electrons. The third-order valence-electron chi connectivity index (χ3n) is 16.2. The number of carbonyl (C=O) groups is 2. The van der Waals surface area contributed by atoms with Gasteiger partial charge in [-0.25, -0.2) is 28.4 Å². The van der Waals surface area contributed by atoms with Crippen LogP contribution >= 0.6 is 0 Å². The van der Waals surface area contributed by atoms with Crippen molar-refractivity contribution in [2.24, 2.45) is 0 Å². The normalized spacial score (nSPS) is 21.2. The number of amides is 2. The summed E-state index contributed by atoms with van der Waals surface area (Å²) in [5, 5.41) is 22.6. The third kappa shape index (κ3) is 12.1. The standard InChI is InChI=1S/C56H80N14O6S/c1-11-13-48(71)40-22-47-52(58-26-40)56(9,10)34-70(47)51(72)33-69-30-36(2)57-29-42(69)32-67-19-20-68(31-37(67)3)54-59-27-41(28-60-54)53(73)66-17-15-65(16-18-66)14-12-21-76-49-25-46-43(23-50(49)77(74,75)55(6,7)8)45(61-35-62-46)24-44-38(4)39(5)63-64-44/h22-23,25-28,35-37,42,48,57,71H,11-21,24,29-34H2,1-10H3,(H,63,64)/t36-,37-,42-,48?/m1/s1. The van der Waals surface area contributed by atoms with Crippen molar-refractivity contribution in [1.82, 2.24) is 60.0 Å². The van der Waals surface area contributed by atoms with Gasteiger partial charge in [-0.2, -0.15) is 5.10 Å². The minimum Gasteiger partial charge on any atom is -0.492 e. The second-order valence-electron chi connectivity index (χ2n) is 23.4. The number of aromatic nitrogens is 7. The van der Waals surface area contributed by atoms with Crippen molar-refractivity contribution < 1.29 is 27.9 Å². The molecule has 77 heavy (non-hydrogen) atoms. The maximum atomic E-state index is 14.2. The van der Waals surface area contributed by atoms with Crippen LogP contribution in [0.4, 0.5) is 11.6 Å². The van der Waals surface area contributed by atoms with Gasteiger partial charge < -0.3 is 29.9 Å². The first-order valence-corrected chi connectivity index (χ1v) is 29.0. The van der Waals surface area contributed by atoms with Gasteiger partial charge in [0.2, 0.25) is 11.9 Å². The van der Waals surface area contributed by atoms with Crippen molar-refractivity contribution in [3.63, 3.8) is 0 Å². The third-order valence-corrected chi connectivity index (χ3v) is 18.7. The first kappa shape index (κ1) is 56.0. The van der Waals surface area contributed by atoms with Gasteiger partial charge in [0.25, 0.3) is 5.91 Å². The fourth-order valence-corrected chi connectivity index (χ4v) is 12.5. The molecule has 20 nitrogen and oxygen atoms in total. The number of sulfone groups is 1. The van der Waals surface area contributed by atoms with E-state index in [1.54, 1.807) is 51.5 Å². The number of ether oxygens (including phenoxy) is 1. The minimum absolute atomic E-state index is 0.0578. The molecule has 0 aliphatic carbocycles. The largest absolute Gasteiger partial charge is 0.492 e. The van der Waals surface area contributed by atoms with Crippen LogP contribution in [0.1, 0.15) is 125 Å². The molecule has 3 saturated heterocycles. The molecule has 4 aromatic heterocycles. The number of aromatic amines is 1. The number of aliphatic hydroxyl groups is 1. The quantitative estimate of drug-likeness (QED) is 0.106. The van der Waals surface area contributed by atoms with Gasteiger partial charge in [0.15, 0.2) is 9.84 Å². The average Bonchev–Trinajstić information content (AvgIpc) is 3.97. The number of fused-ring (bicyclic) bond motifs is 2. The molecule has 1 aromatic carbocycles. The molecule has 4 aliphatic rings. The maximum Gasteiger partial charge on any atom is 0.257 e. The molecule has 3 fully saturated rings. The molecule has 8 heterocycles. The van der Waals surface area contributed by atoms with Crippen molar-refractivity contribution >= 4 is 44.2 Å². The first-order chi connectivity index (χ1) is 36.6.